The second kappa shape index (κ2) is 12.4. The van der Waals surface area contributed by atoms with E-state index in [0.717, 1.165) is 64.0 Å². The number of ether oxygens (including phenoxy) is 1. The number of nitrogens with one attached hydrogen (secondary N) is 1. The van der Waals surface area contributed by atoms with Gasteiger partial charge < -0.3 is 19.9 Å². The normalized spacial score (nSPS) is 16.7. The van der Waals surface area contributed by atoms with Crippen molar-refractivity contribution in [2.45, 2.75) is 39.0 Å². The summed E-state index contributed by atoms with van der Waals surface area (Å²) < 4.78 is 5.37. The second-order valence-electron chi connectivity index (χ2n) is 11.0. The van der Waals surface area contributed by atoms with Gasteiger partial charge in [-0.25, -0.2) is 0 Å². The lowest BCUT2D eigenvalue weighted by molar-refractivity contribution is 0.0697. The molecule has 2 amide bonds. The average Bonchev–Trinajstić information content (AvgIpc) is 2.98. The summed E-state index contributed by atoms with van der Waals surface area (Å²) in [6, 6.07) is 23.6. The highest BCUT2D eigenvalue weighted by atomic mass is 16.5. The third-order valence-electron chi connectivity index (χ3n) is 8.23. The maximum atomic E-state index is 13.9. The molecule has 2 aliphatic heterocycles. The lowest BCUT2D eigenvalue weighted by atomic mass is 9.89. The molecule has 0 aromatic heterocycles. The molecule has 2 heterocycles. The molecule has 3 aromatic rings. The van der Waals surface area contributed by atoms with Crippen molar-refractivity contribution in [1.82, 2.24) is 4.90 Å². The van der Waals surface area contributed by atoms with Gasteiger partial charge in [0.1, 0.15) is 5.75 Å². The van der Waals surface area contributed by atoms with Crippen LogP contribution in [0.2, 0.25) is 0 Å². The summed E-state index contributed by atoms with van der Waals surface area (Å²) in [6.07, 6.45) is 5.33. The van der Waals surface area contributed by atoms with Crippen LogP contribution in [0.1, 0.15) is 58.9 Å². The third-order valence-corrected chi connectivity index (χ3v) is 8.23. The van der Waals surface area contributed by atoms with Crippen LogP contribution in [0.4, 0.5) is 11.4 Å². The number of piperidine rings is 2. The van der Waals surface area contributed by atoms with Crippen LogP contribution in [0.25, 0.3) is 0 Å². The van der Waals surface area contributed by atoms with E-state index in [4.69, 9.17) is 4.74 Å². The van der Waals surface area contributed by atoms with E-state index in [-0.39, 0.29) is 11.8 Å². The maximum absolute atomic E-state index is 13.9. The summed E-state index contributed by atoms with van der Waals surface area (Å²) in [5.41, 5.74) is 4.10. The highest BCUT2D eigenvalue weighted by Crippen LogP contribution is 2.32. The molecule has 3 aromatic carbocycles. The number of hydrogen-bond donors (Lipinski definition) is 1. The van der Waals surface area contributed by atoms with Crippen LogP contribution in [0.3, 0.4) is 0 Å². The van der Waals surface area contributed by atoms with Gasteiger partial charge in [0.25, 0.3) is 11.8 Å². The fourth-order valence-electron chi connectivity index (χ4n) is 5.80. The number of carbonyl (C=O) groups excluding carboxylic acids is 2. The van der Waals surface area contributed by atoms with Crippen LogP contribution in [0.5, 0.6) is 5.75 Å². The molecular weight excluding hydrogens is 486 g/mol. The molecule has 6 heteroatoms. The highest BCUT2D eigenvalue weighted by molar-refractivity contribution is 6.07. The zero-order valence-corrected chi connectivity index (χ0v) is 23.1. The SMILES string of the molecule is COc1ccccc1C(=O)Nc1ccc(N2CCC(Cc3ccccc3)CC2)c(C(=O)N2CCC(C)CC2)c1. The largest absolute Gasteiger partial charge is 0.496 e. The predicted octanol–water partition coefficient (Wildman–Crippen LogP) is 6.28. The molecule has 5 rings (SSSR count). The summed E-state index contributed by atoms with van der Waals surface area (Å²) in [5.74, 6) is 1.60. The van der Waals surface area contributed by atoms with Crippen molar-refractivity contribution in [1.29, 1.82) is 0 Å². The smallest absolute Gasteiger partial charge is 0.259 e. The van der Waals surface area contributed by atoms with E-state index in [2.05, 4.69) is 47.5 Å². The van der Waals surface area contributed by atoms with Crippen molar-refractivity contribution in [3.63, 3.8) is 0 Å². The fraction of sp³-hybridized carbons (Fsp3) is 0.394. The van der Waals surface area contributed by atoms with E-state index < -0.39 is 0 Å². The Morgan fingerprint density at radius 1 is 0.846 bits per heavy atom. The molecule has 0 atom stereocenters. The molecule has 2 aliphatic rings. The first kappa shape index (κ1) is 26.8. The number of anilines is 2. The Balaban J connectivity index is 1.36. The van der Waals surface area contributed by atoms with Gasteiger partial charge in [-0.3, -0.25) is 9.59 Å². The minimum absolute atomic E-state index is 0.0525. The number of para-hydroxylation sites is 1. The van der Waals surface area contributed by atoms with Gasteiger partial charge in [0.05, 0.1) is 18.2 Å². The number of benzene rings is 3. The van der Waals surface area contributed by atoms with E-state index in [0.29, 0.717) is 34.4 Å². The molecule has 2 fully saturated rings. The first-order valence-electron chi connectivity index (χ1n) is 14.2. The van der Waals surface area contributed by atoms with Gasteiger partial charge in [-0.15, -0.1) is 0 Å². The van der Waals surface area contributed by atoms with Crippen LogP contribution in [-0.2, 0) is 6.42 Å². The standard InChI is InChI=1S/C33H39N3O3/c1-24-14-18-36(19-15-24)33(38)29-23-27(34-32(37)28-10-6-7-11-31(28)39-2)12-13-30(29)35-20-16-26(17-21-35)22-25-8-4-3-5-9-25/h3-13,23-24,26H,14-22H2,1-2H3,(H,34,37). The number of likely N-dealkylation sites (tertiary alicyclic amines) is 1. The first-order chi connectivity index (χ1) is 19.0. The topological polar surface area (TPSA) is 61.9 Å². The summed E-state index contributed by atoms with van der Waals surface area (Å²) >= 11 is 0. The minimum atomic E-state index is -0.257. The number of methoxy groups -OCH3 is 1. The molecule has 1 N–H and O–H groups in total. The van der Waals surface area contributed by atoms with E-state index in [1.54, 1.807) is 19.2 Å². The van der Waals surface area contributed by atoms with E-state index in [1.165, 1.54) is 5.56 Å². The van der Waals surface area contributed by atoms with Crippen molar-refractivity contribution < 1.29 is 14.3 Å². The Morgan fingerprint density at radius 2 is 1.54 bits per heavy atom. The summed E-state index contributed by atoms with van der Waals surface area (Å²) in [5, 5.41) is 2.99. The molecule has 0 bridgehead atoms. The Morgan fingerprint density at radius 3 is 2.26 bits per heavy atom. The van der Waals surface area contributed by atoms with Gasteiger partial charge in [0.15, 0.2) is 0 Å². The van der Waals surface area contributed by atoms with Gasteiger partial charge in [0.2, 0.25) is 0 Å². The molecule has 204 valence electrons. The summed E-state index contributed by atoms with van der Waals surface area (Å²) in [6.45, 7) is 5.64. The Bertz CT molecular complexity index is 1280. The lowest BCUT2D eigenvalue weighted by Crippen LogP contribution is -2.40. The van der Waals surface area contributed by atoms with Crippen molar-refractivity contribution >= 4 is 23.2 Å². The fourth-order valence-corrected chi connectivity index (χ4v) is 5.80. The second-order valence-corrected chi connectivity index (χ2v) is 11.0. The van der Waals surface area contributed by atoms with Gasteiger partial charge >= 0.3 is 0 Å². The molecule has 2 saturated heterocycles. The predicted molar refractivity (Wildman–Crippen MR) is 157 cm³/mol. The van der Waals surface area contributed by atoms with Crippen LogP contribution < -0.4 is 15.0 Å². The third kappa shape index (κ3) is 6.44. The number of rotatable bonds is 7. The van der Waals surface area contributed by atoms with Crippen LogP contribution in [0.15, 0.2) is 72.8 Å². The van der Waals surface area contributed by atoms with Gasteiger partial charge in [-0.1, -0.05) is 49.4 Å². The molecule has 0 aliphatic carbocycles. The zero-order valence-electron chi connectivity index (χ0n) is 23.1. The number of carbonyl (C=O) groups is 2. The molecule has 0 radical (unpaired) electrons. The minimum Gasteiger partial charge on any atom is -0.496 e. The monoisotopic (exact) mass is 525 g/mol. The zero-order chi connectivity index (χ0) is 27.2. The number of amides is 2. The molecule has 6 nitrogen and oxygen atoms in total. The highest BCUT2D eigenvalue weighted by Gasteiger charge is 2.28. The van der Waals surface area contributed by atoms with Gasteiger partial charge in [-0.05, 0) is 79.8 Å². The average molecular weight is 526 g/mol. The quantitative estimate of drug-likeness (QED) is 0.394. The van der Waals surface area contributed by atoms with Crippen LogP contribution >= 0.6 is 0 Å². The van der Waals surface area contributed by atoms with Crippen molar-refractivity contribution in [2.24, 2.45) is 11.8 Å². The van der Waals surface area contributed by atoms with Gasteiger partial charge in [0, 0.05) is 37.6 Å². The molecule has 0 unspecified atom stereocenters. The molecule has 39 heavy (non-hydrogen) atoms. The summed E-state index contributed by atoms with van der Waals surface area (Å²) in [4.78, 5) is 31.3. The molecular formula is C33H39N3O3. The Kier molecular flexibility index (Phi) is 8.50. The summed E-state index contributed by atoms with van der Waals surface area (Å²) in [7, 11) is 1.56. The molecule has 0 saturated carbocycles. The molecule has 0 spiro atoms. The van der Waals surface area contributed by atoms with Crippen LogP contribution in [-0.4, -0.2) is 50.0 Å². The van der Waals surface area contributed by atoms with Crippen molar-refractivity contribution in [3.8, 4) is 5.75 Å². The maximum Gasteiger partial charge on any atom is 0.259 e. The Labute approximate surface area is 232 Å². The lowest BCUT2D eigenvalue weighted by Gasteiger charge is -2.36. The van der Waals surface area contributed by atoms with E-state index >= 15 is 0 Å². The first-order valence-corrected chi connectivity index (χ1v) is 14.2. The van der Waals surface area contributed by atoms with Crippen molar-refractivity contribution in [2.75, 3.05) is 43.5 Å². The van der Waals surface area contributed by atoms with E-state index in [9.17, 15) is 9.59 Å². The van der Waals surface area contributed by atoms with E-state index in [1.807, 2.05) is 35.2 Å². The van der Waals surface area contributed by atoms with Gasteiger partial charge in [-0.2, -0.15) is 0 Å². The van der Waals surface area contributed by atoms with Crippen LogP contribution in [0, 0.1) is 11.8 Å². The number of nitrogens with zero attached hydrogens (tertiary/aromatic N) is 2. The number of hydrogen-bond acceptors (Lipinski definition) is 4. The van der Waals surface area contributed by atoms with Crippen molar-refractivity contribution in [3.05, 3.63) is 89.5 Å². The Hall–Kier alpha value is -3.80.